The van der Waals surface area contributed by atoms with Crippen molar-refractivity contribution >= 4 is 34.7 Å². The van der Waals surface area contributed by atoms with E-state index in [1.807, 2.05) is 0 Å². The maximum Gasteiger partial charge on any atom is 0.211 e. The second-order valence-corrected chi connectivity index (χ2v) is 7.90. The number of hydrogen-bond acceptors (Lipinski definition) is 2. The number of nitrogens with zero attached hydrogens (tertiary/aromatic N) is 1. The lowest BCUT2D eigenvalue weighted by Crippen LogP contribution is -2.48. The summed E-state index contributed by atoms with van der Waals surface area (Å²) in [5.74, 6) is 1.05. The zero-order valence-corrected chi connectivity index (χ0v) is 16.3. The lowest BCUT2D eigenvalue weighted by molar-refractivity contribution is 0.289. The molecule has 0 spiro atoms. The van der Waals surface area contributed by atoms with Gasteiger partial charge >= 0.3 is 0 Å². The standard InChI is InChI=1S/C24H24BNO/c1-16-9-11-21-19(14-16)25(3)20-15-17(2)10-12-22(20)26(21)23-8-4-6-18-7-5-13-27-24(18)23/h4,6,8-12,14-15H,5,7,13H2,1-3H3. The van der Waals surface area contributed by atoms with Crippen LogP contribution in [0.15, 0.2) is 54.6 Å². The summed E-state index contributed by atoms with van der Waals surface area (Å²) < 4.78 is 6.17. The molecule has 0 radical (unpaired) electrons. The van der Waals surface area contributed by atoms with Crippen LogP contribution in [0.25, 0.3) is 0 Å². The summed E-state index contributed by atoms with van der Waals surface area (Å²) in [7, 11) is 0. The van der Waals surface area contributed by atoms with Gasteiger partial charge < -0.3 is 9.64 Å². The highest BCUT2D eigenvalue weighted by Gasteiger charge is 2.33. The Hall–Kier alpha value is -2.68. The van der Waals surface area contributed by atoms with Crippen molar-refractivity contribution in [1.82, 2.24) is 0 Å². The lowest BCUT2D eigenvalue weighted by atomic mass is 9.40. The Kier molecular flexibility index (Phi) is 3.78. The quantitative estimate of drug-likeness (QED) is 0.591. The van der Waals surface area contributed by atoms with Gasteiger partial charge in [-0.25, -0.2) is 0 Å². The molecule has 5 rings (SSSR count). The second-order valence-electron chi connectivity index (χ2n) is 7.90. The summed E-state index contributed by atoms with van der Waals surface area (Å²) in [5.41, 5.74) is 10.4. The first kappa shape index (κ1) is 16.5. The minimum Gasteiger partial charge on any atom is -0.491 e. The van der Waals surface area contributed by atoms with Crippen molar-refractivity contribution in [2.75, 3.05) is 11.5 Å². The summed E-state index contributed by atoms with van der Waals surface area (Å²) in [5, 5.41) is 0. The first-order chi connectivity index (χ1) is 13.1. The molecule has 0 bridgehead atoms. The first-order valence-electron chi connectivity index (χ1n) is 9.89. The summed E-state index contributed by atoms with van der Waals surface area (Å²) in [6, 6.07) is 20.2. The van der Waals surface area contributed by atoms with E-state index >= 15 is 0 Å². The van der Waals surface area contributed by atoms with Gasteiger partial charge in [0.05, 0.1) is 12.3 Å². The van der Waals surface area contributed by atoms with Crippen molar-refractivity contribution in [1.29, 1.82) is 0 Å². The van der Waals surface area contributed by atoms with E-state index in [9.17, 15) is 0 Å². The predicted molar refractivity (Wildman–Crippen MR) is 115 cm³/mol. The Labute approximate surface area is 161 Å². The van der Waals surface area contributed by atoms with Crippen LogP contribution in [0.5, 0.6) is 5.75 Å². The van der Waals surface area contributed by atoms with Gasteiger partial charge in [0.15, 0.2) is 0 Å². The molecule has 0 amide bonds. The molecule has 0 aromatic heterocycles. The van der Waals surface area contributed by atoms with Gasteiger partial charge in [0.1, 0.15) is 5.75 Å². The fraction of sp³-hybridized carbons (Fsp3) is 0.250. The molecule has 2 aliphatic heterocycles. The number of anilines is 3. The minimum absolute atomic E-state index is 0.381. The van der Waals surface area contributed by atoms with Gasteiger partial charge in [-0.15, -0.1) is 0 Å². The molecule has 3 heteroatoms. The van der Waals surface area contributed by atoms with Gasteiger partial charge in [0, 0.05) is 11.4 Å². The molecule has 0 N–H and O–H groups in total. The van der Waals surface area contributed by atoms with Gasteiger partial charge in [-0.2, -0.15) is 0 Å². The van der Waals surface area contributed by atoms with Crippen LogP contribution in [-0.2, 0) is 6.42 Å². The van der Waals surface area contributed by atoms with E-state index < -0.39 is 0 Å². The smallest absolute Gasteiger partial charge is 0.211 e. The second kappa shape index (κ2) is 6.19. The molecule has 3 aromatic rings. The Morgan fingerprint density at radius 3 is 2.19 bits per heavy atom. The van der Waals surface area contributed by atoms with E-state index in [2.05, 4.69) is 80.2 Å². The summed E-state index contributed by atoms with van der Waals surface area (Å²) >= 11 is 0. The van der Waals surface area contributed by atoms with Gasteiger partial charge in [0.2, 0.25) is 6.71 Å². The Morgan fingerprint density at radius 2 is 1.52 bits per heavy atom. The molecule has 0 atom stereocenters. The van der Waals surface area contributed by atoms with Gasteiger partial charge in [0.25, 0.3) is 0 Å². The molecular weight excluding hydrogens is 329 g/mol. The molecule has 3 aromatic carbocycles. The zero-order chi connectivity index (χ0) is 18.5. The fourth-order valence-electron chi connectivity index (χ4n) is 4.55. The van der Waals surface area contributed by atoms with Crippen molar-refractivity contribution in [2.24, 2.45) is 0 Å². The van der Waals surface area contributed by atoms with E-state index in [1.165, 1.54) is 39.0 Å². The van der Waals surface area contributed by atoms with Crippen molar-refractivity contribution in [2.45, 2.75) is 33.5 Å². The number of benzene rings is 3. The molecule has 134 valence electrons. The van der Waals surface area contributed by atoms with Gasteiger partial charge in [-0.1, -0.05) is 65.3 Å². The van der Waals surface area contributed by atoms with Gasteiger partial charge in [-0.3, -0.25) is 0 Å². The Morgan fingerprint density at radius 1 is 0.852 bits per heavy atom. The molecule has 0 unspecified atom stereocenters. The number of rotatable bonds is 1. The number of ether oxygens (including phenoxy) is 1. The highest BCUT2D eigenvalue weighted by Crippen LogP contribution is 2.44. The Balaban J connectivity index is 1.80. The van der Waals surface area contributed by atoms with Crippen LogP contribution >= 0.6 is 0 Å². The number of hydrogen-bond donors (Lipinski definition) is 0. The van der Waals surface area contributed by atoms with E-state index in [4.69, 9.17) is 4.74 Å². The molecule has 27 heavy (non-hydrogen) atoms. The number of para-hydroxylation sites is 1. The highest BCUT2D eigenvalue weighted by atomic mass is 16.5. The SMILES string of the molecule is CB1c2cc(C)ccc2N(c2cccc3c2OCCC3)c2ccc(C)cc21. The third-order valence-electron chi connectivity index (χ3n) is 5.93. The van der Waals surface area contributed by atoms with Crippen LogP contribution in [0.3, 0.4) is 0 Å². The molecule has 0 saturated carbocycles. The van der Waals surface area contributed by atoms with E-state index in [0.717, 1.165) is 30.9 Å². The molecular formula is C24H24BNO. The van der Waals surface area contributed by atoms with Crippen LogP contribution in [0, 0.1) is 13.8 Å². The third-order valence-corrected chi connectivity index (χ3v) is 5.93. The van der Waals surface area contributed by atoms with Crippen LogP contribution in [0.4, 0.5) is 17.1 Å². The topological polar surface area (TPSA) is 12.5 Å². The van der Waals surface area contributed by atoms with E-state index in [1.54, 1.807) is 0 Å². The fourth-order valence-corrected chi connectivity index (χ4v) is 4.55. The summed E-state index contributed by atoms with van der Waals surface area (Å²) in [4.78, 5) is 2.41. The van der Waals surface area contributed by atoms with E-state index in [0.29, 0.717) is 6.71 Å². The summed E-state index contributed by atoms with van der Waals surface area (Å²) in [6.07, 6.45) is 2.19. The maximum atomic E-state index is 6.17. The van der Waals surface area contributed by atoms with Crippen LogP contribution < -0.4 is 20.6 Å². The molecule has 0 saturated heterocycles. The minimum atomic E-state index is 0.381. The molecule has 2 heterocycles. The molecule has 0 fully saturated rings. The van der Waals surface area contributed by atoms with Crippen LogP contribution in [-0.4, -0.2) is 13.3 Å². The average Bonchev–Trinajstić information content (AvgIpc) is 2.69. The number of fused-ring (bicyclic) bond motifs is 3. The average molecular weight is 353 g/mol. The summed E-state index contributed by atoms with van der Waals surface area (Å²) in [6.45, 7) is 7.86. The largest absolute Gasteiger partial charge is 0.491 e. The van der Waals surface area contributed by atoms with Crippen LogP contribution in [0.1, 0.15) is 23.1 Å². The van der Waals surface area contributed by atoms with Gasteiger partial charge in [-0.05, 0) is 50.5 Å². The third kappa shape index (κ3) is 2.56. The van der Waals surface area contributed by atoms with E-state index in [-0.39, 0.29) is 0 Å². The molecule has 2 nitrogen and oxygen atoms in total. The monoisotopic (exact) mass is 353 g/mol. The first-order valence-corrected chi connectivity index (χ1v) is 9.89. The zero-order valence-electron chi connectivity index (χ0n) is 16.3. The van der Waals surface area contributed by atoms with Crippen molar-refractivity contribution in [3.8, 4) is 5.75 Å². The normalized spacial score (nSPS) is 14.9. The number of aryl methyl sites for hydroxylation is 3. The predicted octanol–water partition coefficient (Wildman–Crippen LogP) is 4.65. The maximum absolute atomic E-state index is 6.17. The highest BCUT2D eigenvalue weighted by molar-refractivity contribution is 6.87. The van der Waals surface area contributed by atoms with Crippen molar-refractivity contribution in [3.05, 3.63) is 71.3 Å². The van der Waals surface area contributed by atoms with Crippen LogP contribution in [0.2, 0.25) is 6.82 Å². The van der Waals surface area contributed by atoms with Crippen molar-refractivity contribution in [3.63, 3.8) is 0 Å². The lowest BCUT2D eigenvalue weighted by Gasteiger charge is -2.37. The Bertz CT molecular complexity index is 989. The molecule has 2 aliphatic rings. The molecule has 0 aliphatic carbocycles. The van der Waals surface area contributed by atoms with Crippen molar-refractivity contribution < 1.29 is 4.74 Å².